The molecule has 5 heteroatoms. The van der Waals surface area contributed by atoms with Crippen LogP contribution < -0.4 is 14.8 Å². The molecule has 5 rings (SSSR count). The first-order valence-corrected chi connectivity index (χ1v) is 13.0. The Balaban J connectivity index is 1.06. The number of benzene rings is 3. The van der Waals surface area contributed by atoms with Crippen molar-refractivity contribution in [3.05, 3.63) is 96.1 Å². The van der Waals surface area contributed by atoms with Crippen LogP contribution in [0.3, 0.4) is 0 Å². The number of hydrogen-bond donors (Lipinski definition) is 1. The van der Waals surface area contributed by atoms with Gasteiger partial charge in [-0.05, 0) is 73.7 Å². The van der Waals surface area contributed by atoms with Crippen molar-refractivity contribution in [2.75, 3.05) is 26.2 Å². The van der Waals surface area contributed by atoms with Crippen molar-refractivity contribution < 1.29 is 14.3 Å². The summed E-state index contributed by atoms with van der Waals surface area (Å²) in [5.74, 6) is 2.72. The molecule has 0 bridgehead atoms. The van der Waals surface area contributed by atoms with Crippen LogP contribution in [0.4, 0.5) is 0 Å². The Bertz CT molecular complexity index is 1170. The SMILES string of the molecule is O=C(CCCN1CC=C(c2ccc(Oc3ccccc3)cc2)CC1)NC1CCCOc2ccccc21. The van der Waals surface area contributed by atoms with Gasteiger partial charge in [0.2, 0.25) is 5.91 Å². The summed E-state index contributed by atoms with van der Waals surface area (Å²) in [4.78, 5) is 15.1. The molecule has 0 aliphatic carbocycles. The molecule has 0 fully saturated rings. The number of nitrogens with zero attached hydrogens (tertiary/aromatic N) is 1. The first kappa shape index (κ1) is 24.1. The van der Waals surface area contributed by atoms with Gasteiger partial charge in [-0.2, -0.15) is 0 Å². The fraction of sp³-hybridized carbons (Fsp3) is 0.323. The van der Waals surface area contributed by atoms with E-state index in [4.69, 9.17) is 9.47 Å². The highest BCUT2D eigenvalue weighted by atomic mass is 16.5. The molecule has 1 amide bonds. The monoisotopic (exact) mass is 482 g/mol. The summed E-state index contributed by atoms with van der Waals surface area (Å²) in [5.41, 5.74) is 3.73. The van der Waals surface area contributed by atoms with E-state index in [1.165, 1.54) is 11.1 Å². The van der Waals surface area contributed by atoms with Gasteiger partial charge in [0.1, 0.15) is 17.2 Å². The lowest BCUT2D eigenvalue weighted by Crippen LogP contribution is -2.32. The largest absolute Gasteiger partial charge is 0.493 e. The quantitative estimate of drug-likeness (QED) is 0.405. The van der Waals surface area contributed by atoms with Crippen LogP contribution in [-0.2, 0) is 4.79 Å². The van der Waals surface area contributed by atoms with Crippen LogP contribution in [-0.4, -0.2) is 37.0 Å². The second kappa shape index (κ2) is 11.9. The number of hydrogen-bond acceptors (Lipinski definition) is 4. The highest BCUT2D eigenvalue weighted by Crippen LogP contribution is 2.31. The first-order valence-electron chi connectivity index (χ1n) is 13.0. The minimum absolute atomic E-state index is 0.0427. The van der Waals surface area contributed by atoms with Crippen LogP contribution in [0.25, 0.3) is 5.57 Å². The molecule has 1 unspecified atom stereocenters. The third-order valence-electron chi connectivity index (χ3n) is 6.90. The fourth-order valence-electron chi connectivity index (χ4n) is 4.94. The van der Waals surface area contributed by atoms with E-state index < -0.39 is 0 Å². The lowest BCUT2D eigenvalue weighted by Gasteiger charge is -2.26. The van der Waals surface area contributed by atoms with Crippen LogP contribution in [0.2, 0.25) is 0 Å². The molecular weight excluding hydrogens is 448 g/mol. The maximum atomic E-state index is 12.7. The van der Waals surface area contributed by atoms with Crippen LogP contribution >= 0.6 is 0 Å². The Morgan fingerprint density at radius 3 is 2.56 bits per heavy atom. The lowest BCUT2D eigenvalue weighted by molar-refractivity contribution is -0.122. The summed E-state index contributed by atoms with van der Waals surface area (Å²) in [5, 5.41) is 3.24. The van der Waals surface area contributed by atoms with Gasteiger partial charge in [-0.25, -0.2) is 0 Å². The number of para-hydroxylation sites is 2. The number of nitrogens with one attached hydrogen (secondary N) is 1. The highest BCUT2D eigenvalue weighted by molar-refractivity contribution is 5.76. The lowest BCUT2D eigenvalue weighted by atomic mass is 9.99. The normalized spacial score (nSPS) is 17.8. The van der Waals surface area contributed by atoms with Gasteiger partial charge in [-0.15, -0.1) is 0 Å². The maximum absolute atomic E-state index is 12.7. The van der Waals surface area contributed by atoms with Crippen molar-refractivity contribution in [1.82, 2.24) is 10.2 Å². The second-order valence-electron chi connectivity index (χ2n) is 9.47. The van der Waals surface area contributed by atoms with Crippen LogP contribution in [0.1, 0.15) is 49.3 Å². The van der Waals surface area contributed by atoms with E-state index in [0.717, 1.165) is 68.1 Å². The Kier molecular flexibility index (Phi) is 7.99. The van der Waals surface area contributed by atoms with Crippen molar-refractivity contribution in [1.29, 1.82) is 0 Å². The van der Waals surface area contributed by atoms with Crippen molar-refractivity contribution in [2.24, 2.45) is 0 Å². The number of fused-ring (bicyclic) bond motifs is 1. The fourth-order valence-corrected chi connectivity index (χ4v) is 4.94. The Hall–Kier alpha value is -3.57. The predicted octanol–water partition coefficient (Wildman–Crippen LogP) is 6.38. The highest BCUT2D eigenvalue weighted by Gasteiger charge is 2.21. The molecule has 1 N–H and O–H groups in total. The average molecular weight is 483 g/mol. The summed E-state index contributed by atoms with van der Waals surface area (Å²) in [6.07, 6.45) is 6.62. The van der Waals surface area contributed by atoms with E-state index in [2.05, 4.69) is 34.5 Å². The number of carbonyl (C=O) groups excluding carboxylic acids is 1. The molecule has 186 valence electrons. The molecule has 3 aromatic carbocycles. The van der Waals surface area contributed by atoms with Gasteiger partial charge in [0.15, 0.2) is 0 Å². The first-order chi connectivity index (χ1) is 17.7. The minimum Gasteiger partial charge on any atom is -0.493 e. The second-order valence-corrected chi connectivity index (χ2v) is 9.47. The summed E-state index contributed by atoms with van der Waals surface area (Å²) < 4.78 is 11.7. The van der Waals surface area contributed by atoms with Gasteiger partial charge < -0.3 is 14.8 Å². The summed E-state index contributed by atoms with van der Waals surface area (Å²) in [7, 11) is 0. The van der Waals surface area contributed by atoms with E-state index in [9.17, 15) is 4.79 Å². The molecule has 0 saturated carbocycles. The van der Waals surface area contributed by atoms with E-state index >= 15 is 0 Å². The van der Waals surface area contributed by atoms with Gasteiger partial charge in [0.05, 0.1) is 12.6 Å². The maximum Gasteiger partial charge on any atom is 0.220 e. The molecule has 1 atom stereocenters. The van der Waals surface area contributed by atoms with E-state index in [0.29, 0.717) is 13.0 Å². The molecule has 0 spiro atoms. The molecule has 0 radical (unpaired) electrons. The third-order valence-corrected chi connectivity index (χ3v) is 6.90. The van der Waals surface area contributed by atoms with Gasteiger partial charge in [-0.1, -0.05) is 54.6 Å². The van der Waals surface area contributed by atoms with Gasteiger partial charge in [-0.3, -0.25) is 9.69 Å². The van der Waals surface area contributed by atoms with Crippen molar-refractivity contribution >= 4 is 11.5 Å². The van der Waals surface area contributed by atoms with Gasteiger partial charge >= 0.3 is 0 Å². The molecule has 0 saturated heterocycles. The number of carbonyl (C=O) groups is 1. The molecule has 2 aliphatic heterocycles. The number of rotatable bonds is 8. The Morgan fingerprint density at radius 1 is 0.972 bits per heavy atom. The summed E-state index contributed by atoms with van der Waals surface area (Å²) in [6, 6.07) is 26.3. The Labute approximate surface area is 213 Å². The molecule has 3 aromatic rings. The zero-order valence-corrected chi connectivity index (χ0v) is 20.7. The van der Waals surface area contributed by atoms with E-state index in [1.54, 1.807) is 0 Å². The van der Waals surface area contributed by atoms with Gasteiger partial charge in [0, 0.05) is 25.1 Å². The van der Waals surface area contributed by atoms with Gasteiger partial charge in [0.25, 0.3) is 0 Å². The molecule has 2 heterocycles. The number of ether oxygens (including phenoxy) is 2. The van der Waals surface area contributed by atoms with E-state index in [1.807, 2.05) is 60.7 Å². The van der Waals surface area contributed by atoms with Crippen LogP contribution in [0, 0.1) is 0 Å². The molecule has 5 nitrogen and oxygen atoms in total. The standard InChI is InChI=1S/C31H34N2O3/c34-31(32-29-11-7-23-35-30-12-5-4-10-28(29)30)13-6-20-33-21-18-25(19-22-33)24-14-16-27(17-15-24)36-26-8-2-1-3-9-26/h1-5,8-10,12,14-18,29H,6-7,11,13,19-23H2,(H,32,34). The zero-order chi connectivity index (χ0) is 24.6. The Morgan fingerprint density at radius 2 is 1.75 bits per heavy atom. The number of amides is 1. The van der Waals surface area contributed by atoms with Crippen LogP contribution in [0.15, 0.2) is 84.9 Å². The van der Waals surface area contributed by atoms with Crippen molar-refractivity contribution in [2.45, 2.75) is 38.1 Å². The third kappa shape index (κ3) is 6.35. The predicted molar refractivity (Wildman–Crippen MR) is 143 cm³/mol. The summed E-state index contributed by atoms with van der Waals surface area (Å²) >= 11 is 0. The summed E-state index contributed by atoms with van der Waals surface area (Å²) in [6.45, 7) is 3.58. The van der Waals surface area contributed by atoms with Crippen LogP contribution in [0.5, 0.6) is 17.2 Å². The minimum atomic E-state index is 0.0427. The zero-order valence-electron chi connectivity index (χ0n) is 20.7. The van der Waals surface area contributed by atoms with Crippen molar-refractivity contribution in [3.63, 3.8) is 0 Å². The molecule has 36 heavy (non-hydrogen) atoms. The smallest absolute Gasteiger partial charge is 0.220 e. The molecule has 0 aromatic heterocycles. The van der Waals surface area contributed by atoms with E-state index in [-0.39, 0.29) is 11.9 Å². The van der Waals surface area contributed by atoms with Crippen molar-refractivity contribution in [3.8, 4) is 17.2 Å². The molecular formula is C31H34N2O3. The average Bonchev–Trinajstić information content (AvgIpc) is 3.12. The topological polar surface area (TPSA) is 50.8 Å². The molecule has 2 aliphatic rings.